The number of nitrogens with zero attached hydrogens (tertiary/aromatic N) is 2. The molecule has 0 aliphatic carbocycles. The van der Waals surface area contributed by atoms with Gasteiger partial charge in [-0.3, -0.25) is 0 Å². The van der Waals surface area contributed by atoms with Crippen molar-refractivity contribution in [1.82, 2.24) is 9.55 Å². The normalized spacial score (nSPS) is 11.0. The minimum Gasteiger partial charge on any atom is -0.494 e. The van der Waals surface area contributed by atoms with E-state index in [-0.39, 0.29) is 6.61 Å². The highest BCUT2D eigenvalue weighted by Crippen LogP contribution is 2.24. The molecular weight excluding hydrogens is 348 g/mol. The Labute approximate surface area is 158 Å². The molecule has 0 spiro atoms. The molecule has 1 heterocycles. The largest absolute Gasteiger partial charge is 0.494 e. The van der Waals surface area contributed by atoms with Gasteiger partial charge < -0.3 is 19.1 Å². The average Bonchev–Trinajstić information content (AvgIpc) is 3.02. The molecule has 1 N–H and O–H groups in total. The highest BCUT2D eigenvalue weighted by Gasteiger charge is 2.10. The quantitative estimate of drug-likeness (QED) is 0.431. The van der Waals surface area contributed by atoms with Crippen LogP contribution in [0.4, 0.5) is 0 Å². The van der Waals surface area contributed by atoms with Gasteiger partial charge in [0.25, 0.3) is 0 Å². The third kappa shape index (κ3) is 4.71. The van der Waals surface area contributed by atoms with Gasteiger partial charge >= 0.3 is 0 Å². The summed E-state index contributed by atoms with van der Waals surface area (Å²) in [6.07, 6.45) is 0.997. The Morgan fingerprint density at radius 1 is 1.00 bits per heavy atom. The highest BCUT2D eigenvalue weighted by atomic mass is 32.2. The summed E-state index contributed by atoms with van der Waals surface area (Å²) in [5.41, 5.74) is 2.00. The Morgan fingerprint density at radius 2 is 1.69 bits per heavy atom. The first-order valence-corrected chi connectivity index (χ1v) is 9.85. The fourth-order valence-corrected chi connectivity index (χ4v) is 3.48. The fraction of sp³-hybridized carbons (Fsp3) is 0.350. The number of hydrogen-bond donors (Lipinski definition) is 1. The maximum absolute atomic E-state index is 9.33. The molecule has 0 radical (unpaired) electrons. The Morgan fingerprint density at radius 3 is 2.38 bits per heavy atom. The Bertz CT molecular complexity index is 818. The van der Waals surface area contributed by atoms with E-state index in [0.717, 1.165) is 46.5 Å². The average molecular weight is 372 g/mol. The topological polar surface area (TPSA) is 56.5 Å². The second-order valence-corrected chi connectivity index (χ2v) is 6.84. The lowest BCUT2D eigenvalue weighted by Crippen LogP contribution is -2.05. The lowest BCUT2D eigenvalue weighted by Gasteiger charge is -2.09. The van der Waals surface area contributed by atoms with Gasteiger partial charge in [0, 0.05) is 12.3 Å². The molecule has 0 bridgehead atoms. The molecule has 5 nitrogen and oxygen atoms in total. The van der Waals surface area contributed by atoms with Crippen LogP contribution in [0.25, 0.3) is 11.0 Å². The van der Waals surface area contributed by atoms with Gasteiger partial charge in [0.15, 0.2) is 5.16 Å². The van der Waals surface area contributed by atoms with Crippen molar-refractivity contribution in [2.24, 2.45) is 0 Å². The van der Waals surface area contributed by atoms with Gasteiger partial charge in [-0.15, -0.1) is 0 Å². The first kappa shape index (κ1) is 18.6. The van der Waals surface area contributed by atoms with E-state index in [1.807, 2.05) is 48.5 Å². The molecule has 3 rings (SSSR count). The number of hydrogen-bond acceptors (Lipinski definition) is 5. The van der Waals surface area contributed by atoms with E-state index in [9.17, 15) is 5.11 Å². The van der Waals surface area contributed by atoms with E-state index in [1.165, 1.54) is 0 Å². The van der Waals surface area contributed by atoms with E-state index < -0.39 is 0 Å². The molecule has 0 atom stereocenters. The number of aliphatic hydroxyl groups is 1. The van der Waals surface area contributed by atoms with Crippen molar-refractivity contribution in [3.05, 3.63) is 48.5 Å². The molecule has 0 aliphatic rings. The number of rotatable bonds is 10. The van der Waals surface area contributed by atoms with Crippen LogP contribution in [0, 0.1) is 0 Å². The SMILES string of the molecule is CCCOc1ccc(OCCSc2nc3ccccc3n2CCO)cc1. The van der Waals surface area contributed by atoms with Crippen molar-refractivity contribution in [2.45, 2.75) is 25.0 Å². The highest BCUT2D eigenvalue weighted by molar-refractivity contribution is 7.99. The van der Waals surface area contributed by atoms with Crippen LogP contribution in [0.2, 0.25) is 0 Å². The molecule has 3 aromatic rings. The maximum atomic E-state index is 9.33. The zero-order valence-corrected chi connectivity index (χ0v) is 15.7. The van der Waals surface area contributed by atoms with Gasteiger partial charge in [0.1, 0.15) is 11.5 Å². The molecule has 0 amide bonds. The number of imidazole rings is 1. The molecular formula is C20H24N2O3S. The first-order valence-electron chi connectivity index (χ1n) is 8.86. The minimum absolute atomic E-state index is 0.0941. The van der Waals surface area contributed by atoms with Crippen molar-refractivity contribution in [2.75, 3.05) is 25.6 Å². The van der Waals surface area contributed by atoms with Crippen molar-refractivity contribution in [3.8, 4) is 11.5 Å². The summed E-state index contributed by atoms with van der Waals surface area (Å²) in [7, 11) is 0. The number of para-hydroxylation sites is 2. The monoisotopic (exact) mass is 372 g/mol. The third-order valence-electron chi connectivity index (χ3n) is 3.82. The second-order valence-electron chi connectivity index (χ2n) is 5.78. The Hall–Kier alpha value is -2.18. The van der Waals surface area contributed by atoms with Crippen molar-refractivity contribution in [1.29, 1.82) is 0 Å². The number of thioether (sulfide) groups is 1. The summed E-state index contributed by atoms with van der Waals surface area (Å²) in [4.78, 5) is 4.66. The molecule has 0 saturated carbocycles. The Balaban J connectivity index is 1.53. The summed E-state index contributed by atoms with van der Waals surface area (Å²) in [6.45, 7) is 4.04. The van der Waals surface area contributed by atoms with Crippen LogP contribution < -0.4 is 9.47 Å². The van der Waals surface area contributed by atoms with Crippen molar-refractivity contribution in [3.63, 3.8) is 0 Å². The predicted molar refractivity (Wildman–Crippen MR) is 105 cm³/mol. The van der Waals surface area contributed by atoms with E-state index in [0.29, 0.717) is 13.2 Å². The van der Waals surface area contributed by atoms with Crippen molar-refractivity contribution >= 4 is 22.8 Å². The molecule has 0 aliphatic heterocycles. The van der Waals surface area contributed by atoms with Crippen molar-refractivity contribution < 1.29 is 14.6 Å². The van der Waals surface area contributed by atoms with Crippen LogP contribution in [0.1, 0.15) is 13.3 Å². The predicted octanol–water partition coefficient (Wildman–Crippen LogP) is 3.99. The van der Waals surface area contributed by atoms with E-state index >= 15 is 0 Å². The number of aromatic nitrogens is 2. The number of ether oxygens (including phenoxy) is 2. The Kier molecular flexibility index (Phi) is 6.80. The molecule has 26 heavy (non-hydrogen) atoms. The van der Waals surface area contributed by atoms with Gasteiger partial charge in [0.05, 0.1) is 30.9 Å². The lowest BCUT2D eigenvalue weighted by atomic mass is 10.3. The summed E-state index contributed by atoms with van der Waals surface area (Å²) in [5.74, 6) is 2.48. The molecule has 0 unspecified atom stereocenters. The van der Waals surface area contributed by atoms with Gasteiger partial charge in [-0.05, 0) is 42.8 Å². The summed E-state index contributed by atoms with van der Waals surface area (Å²) in [5, 5.41) is 10.2. The molecule has 0 fully saturated rings. The molecule has 1 aromatic heterocycles. The fourth-order valence-electron chi connectivity index (χ4n) is 2.62. The van der Waals surface area contributed by atoms with E-state index in [2.05, 4.69) is 16.5 Å². The number of aliphatic hydroxyl groups excluding tert-OH is 1. The van der Waals surface area contributed by atoms with Crippen LogP contribution in [0.5, 0.6) is 11.5 Å². The van der Waals surface area contributed by atoms with Crippen LogP contribution in [-0.2, 0) is 6.54 Å². The van der Waals surface area contributed by atoms with Crippen LogP contribution in [0.15, 0.2) is 53.7 Å². The maximum Gasteiger partial charge on any atom is 0.169 e. The summed E-state index contributed by atoms with van der Waals surface area (Å²) >= 11 is 1.64. The smallest absolute Gasteiger partial charge is 0.169 e. The first-order chi connectivity index (χ1) is 12.8. The van der Waals surface area contributed by atoms with Gasteiger partial charge in [0.2, 0.25) is 0 Å². The zero-order valence-electron chi connectivity index (χ0n) is 14.9. The number of fused-ring (bicyclic) bond motifs is 1. The molecule has 2 aromatic carbocycles. The van der Waals surface area contributed by atoms with Gasteiger partial charge in [-0.1, -0.05) is 30.8 Å². The summed E-state index contributed by atoms with van der Waals surface area (Å²) in [6, 6.07) is 15.7. The standard InChI is InChI=1S/C20H24N2O3S/c1-2-13-24-16-7-9-17(10-8-16)25-14-15-26-20-21-18-5-3-4-6-19(18)22(20)11-12-23/h3-10,23H,2,11-15H2,1H3. The molecule has 0 saturated heterocycles. The van der Waals surface area contributed by atoms with Gasteiger partial charge in [-0.25, -0.2) is 4.98 Å². The van der Waals surface area contributed by atoms with E-state index in [4.69, 9.17) is 9.47 Å². The van der Waals surface area contributed by atoms with Crippen LogP contribution in [-0.4, -0.2) is 40.2 Å². The third-order valence-corrected chi connectivity index (χ3v) is 4.76. The number of benzene rings is 2. The van der Waals surface area contributed by atoms with Crippen LogP contribution >= 0.6 is 11.8 Å². The molecule has 6 heteroatoms. The molecule has 138 valence electrons. The minimum atomic E-state index is 0.0941. The van der Waals surface area contributed by atoms with Gasteiger partial charge in [-0.2, -0.15) is 0 Å². The lowest BCUT2D eigenvalue weighted by molar-refractivity contribution is 0.273. The summed E-state index contributed by atoms with van der Waals surface area (Å²) < 4.78 is 13.4. The van der Waals surface area contributed by atoms with E-state index in [1.54, 1.807) is 11.8 Å². The second kappa shape index (κ2) is 9.50. The zero-order chi connectivity index (χ0) is 18.2. The van der Waals surface area contributed by atoms with Crippen LogP contribution in [0.3, 0.4) is 0 Å².